The Balaban J connectivity index is 2.82. The van der Waals surface area contributed by atoms with Gasteiger partial charge in [-0.3, -0.25) is 4.79 Å². The van der Waals surface area contributed by atoms with Crippen molar-refractivity contribution in [1.82, 2.24) is 10.0 Å². The molecular formula is C12H18N2O4S. The molecule has 6 nitrogen and oxygen atoms in total. The van der Waals surface area contributed by atoms with Crippen LogP contribution in [0.1, 0.15) is 13.8 Å². The van der Waals surface area contributed by atoms with Gasteiger partial charge in [0.25, 0.3) is 0 Å². The van der Waals surface area contributed by atoms with Gasteiger partial charge >= 0.3 is 0 Å². The highest BCUT2D eigenvalue weighted by Crippen LogP contribution is 2.15. The molecule has 1 aromatic carbocycles. The third kappa shape index (κ3) is 4.22. The predicted molar refractivity (Wildman–Crippen MR) is 71.5 cm³/mol. The molecule has 0 aliphatic heterocycles. The van der Waals surface area contributed by atoms with Crippen molar-refractivity contribution in [2.24, 2.45) is 0 Å². The normalized spacial score (nSPS) is 12.8. The number of hydrogen-bond donors (Lipinski definition) is 2. The summed E-state index contributed by atoms with van der Waals surface area (Å²) in [5, 5.41) is 2.55. The SMILES string of the molecule is CCNC(=O)C(C)NS(=O)(=O)c1ccc(OC)cc1. The summed E-state index contributed by atoms with van der Waals surface area (Å²) in [6.45, 7) is 3.71. The fourth-order valence-corrected chi connectivity index (χ4v) is 2.64. The molecule has 1 atom stereocenters. The number of ether oxygens (including phenoxy) is 1. The Bertz CT molecular complexity index is 525. The molecule has 1 aromatic rings. The zero-order valence-corrected chi connectivity index (χ0v) is 12.0. The monoisotopic (exact) mass is 286 g/mol. The Morgan fingerprint density at radius 3 is 2.37 bits per heavy atom. The number of carbonyl (C=O) groups is 1. The van der Waals surface area contributed by atoms with Gasteiger partial charge in [-0.2, -0.15) is 4.72 Å². The minimum Gasteiger partial charge on any atom is -0.497 e. The largest absolute Gasteiger partial charge is 0.497 e. The summed E-state index contributed by atoms with van der Waals surface area (Å²) in [5.41, 5.74) is 0. The van der Waals surface area contributed by atoms with Gasteiger partial charge in [0.05, 0.1) is 18.0 Å². The Kier molecular flexibility index (Phi) is 5.31. The minimum atomic E-state index is -3.71. The highest BCUT2D eigenvalue weighted by Gasteiger charge is 2.21. The highest BCUT2D eigenvalue weighted by atomic mass is 32.2. The second-order valence-electron chi connectivity index (χ2n) is 3.91. The van der Waals surface area contributed by atoms with E-state index in [1.807, 2.05) is 0 Å². The second-order valence-corrected chi connectivity index (χ2v) is 5.63. The Morgan fingerprint density at radius 1 is 1.32 bits per heavy atom. The van der Waals surface area contributed by atoms with Gasteiger partial charge in [0, 0.05) is 6.54 Å². The predicted octanol–water partition coefficient (Wildman–Crippen LogP) is 0.498. The van der Waals surface area contributed by atoms with Crippen LogP contribution in [0.2, 0.25) is 0 Å². The van der Waals surface area contributed by atoms with Gasteiger partial charge < -0.3 is 10.1 Å². The van der Waals surface area contributed by atoms with E-state index in [4.69, 9.17) is 4.74 Å². The number of carbonyl (C=O) groups excluding carboxylic acids is 1. The maximum absolute atomic E-state index is 12.0. The lowest BCUT2D eigenvalue weighted by atomic mass is 10.3. The fourth-order valence-electron chi connectivity index (χ4n) is 1.44. The molecule has 0 heterocycles. The van der Waals surface area contributed by atoms with E-state index < -0.39 is 16.1 Å². The maximum Gasteiger partial charge on any atom is 0.241 e. The van der Waals surface area contributed by atoms with Crippen LogP contribution in [0, 0.1) is 0 Å². The summed E-state index contributed by atoms with van der Waals surface area (Å²) in [6, 6.07) is 5.11. The van der Waals surface area contributed by atoms with Crippen molar-refractivity contribution in [2.45, 2.75) is 24.8 Å². The topological polar surface area (TPSA) is 84.5 Å². The molecule has 7 heteroatoms. The second kappa shape index (κ2) is 6.53. The highest BCUT2D eigenvalue weighted by molar-refractivity contribution is 7.89. The number of rotatable bonds is 6. The van der Waals surface area contributed by atoms with Crippen molar-refractivity contribution in [3.63, 3.8) is 0 Å². The van der Waals surface area contributed by atoms with E-state index >= 15 is 0 Å². The van der Waals surface area contributed by atoms with Gasteiger partial charge in [-0.05, 0) is 38.1 Å². The minimum absolute atomic E-state index is 0.0875. The lowest BCUT2D eigenvalue weighted by Crippen LogP contribution is -2.44. The Hall–Kier alpha value is -1.60. The van der Waals surface area contributed by atoms with Crippen LogP contribution < -0.4 is 14.8 Å². The van der Waals surface area contributed by atoms with E-state index in [1.54, 1.807) is 19.1 Å². The molecule has 106 valence electrons. The van der Waals surface area contributed by atoms with E-state index in [-0.39, 0.29) is 10.8 Å². The smallest absolute Gasteiger partial charge is 0.241 e. The summed E-state index contributed by atoms with van der Waals surface area (Å²) in [6.07, 6.45) is 0. The first kappa shape index (κ1) is 15.5. The van der Waals surface area contributed by atoms with Crippen LogP contribution in [0.25, 0.3) is 0 Å². The maximum atomic E-state index is 12.0. The molecule has 0 aromatic heterocycles. The van der Waals surface area contributed by atoms with Crippen LogP contribution in [-0.4, -0.2) is 34.0 Å². The van der Waals surface area contributed by atoms with E-state index in [0.29, 0.717) is 12.3 Å². The first-order valence-electron chi connectivity index (χ1n) is 5.84. The standard InChI is InChI=1S/C12H18N2O4S/c1-4-13-12(15)9(2)14-19(16,17)11-7-5-10(18-3)6-8-11/h5-9,14H,4H2,1-3H3,(H,13,15). The fraction of sp³-hybridized carbons (Fsp3) is 0.417. The summed E-state index contributed by atoms with van der Waals surface area (Å²) >= 11 is 0. The quantitative estimate of drug-likeness (QED) is 0.797. The zero-order valence-electron chi connectivity index (χ0n) is 11.1. The lowest BCUT2D eigenvalue weighted by molar-refractivity contribution is -0.122. The number of benzene rings is 1. The molecule has 0 aliphatic carbocycles. The molecule has 2 N–H and O–H groups in total. The zero-order chi connectivity index (χ0) is 14.5. The van der Waals surface area contributed by atoms with E-state index in [0.717, 1.165) is 0 Å². The van der Waals surface area contributed by atoms with Gasteiger partial charge in [-0.15, -0.1) is 0 Å². The van der Waals surface area contributed by atoms with Gasteiger partial charge in [0.2, 0.25) is 15.9 Å². The van der Waals surface area contributed by atoms with E-state index in [9.17, 15) is 13.2 Å². The first-order chi connectivity index (χ1) is 8.90. The molecule has 0 saturated heterocycles. The Morgan fingerprint density at radius 2 is 1.89 bits per heavy atom. The van der Waals surface area contributed by atoms with Crippen molar-refractivity contribution in [1.29, 1.82) is 0 Å². The summed E-state index contributed by atoms with van der Waals surface area (Å²) < 4.78 is 31.3. The van der Waals surface area contributed by atoms with Gasteiger partial charge in [-0.25, -0.2) is 8.42 Å². The molecule has 0 spiro atoms. The van der Waals surface area contributed by atoms with Crippen LogP contribution >= 0.6 is 0 Å². The van der Waals surface area contributed by atoms with E-state index in [1.165, 1.54) is 26.2 Å². The van der Waals surface area contributed by atoms with E-state index in [2.05, 4.69) is 10.0 Å². The molecular weight excluding hydrogens is 268 g/mol. The van der Waals surface area contributed by atoms with Crippen LogP contribution in [0.15, 0.2) is 29.2 Å². The van der Waals surface area contributed by atoms with Crippen molar-refractivity contribution in [3.8, 4) is 5.75 Å². The number of hydrogen-bond acceptors (Lipinski definition) is 4. The van der Waals surface area contributed by atoms with Crippen LogP contribution in [-0.2, 0) is 14.8 Å². The summed E-state index contributed by atoms with van der Waals surface area (Å²) in [4.78, 5) is 11.6. The average Bonchev–Trinajstić information content (AvgIpc) is 2.38. The number of amides is 1. The molecule has 0 bridgehead atoms. The van der Waals surface area contributed by atoms with Crippen LogP contribution in [0.5, 0.6) is 5.75 Å². The number of nitrogens with one attached hydrogen (secondary N) is 2. The molecule has 0 radical (unpaired) electrons. The molecule has 0 fully saturated rings. The molecule has 19 heavy (non-hydrogen) atoms. The number of methoxy groups -OCH3 is 1. The van der Waals surface area contributed by atoms with Gasteiger partial charge in [0.1, 0.15) is 5.75 Å². The van der Waals surface area contributed by atoms with Crippen molar-refractivity contribution >= 4 is 15.9 Å². The van der Waals surface area contributed by atoms with Crippen LogP contribution in [0.3, 0.4) is 0 Å². The number of sulfonamides is 1. The molecule has 1 unspecified atom stereocenters. The van der Waals surface area contributed by atoms with Crippen molar-refractivity contribution in [3.05, 3.63) is 24.3 Å². The molecule has 1 amide bonds. The lowest BCUT2D eigenvalue weighted by Gasteiger charge is -2.13. The summed E-state index contributed by atoms with van der Waals surface area (Å²) in [5.74, 6) is 0.204. The van der Waals surface area contributed by atoms with Gasteiger partial charge in [0.15, 0.2) is 0 Å². The third-order valence-corrected chi connectivity index (χ3v) is 4.00. The van der Waals surface area contributed by atoms with Gasteiger partial charge in [-0.1, -0.05) is 0 Å². The molecule has 0 aliphatic rings. The molecule has 1 rings (SSSR count). The average molecular weight is 286 g/mol. The first-order valence-corrected chi connectivity index (χ1v) is 7.33. The van der Waals surface area contributed by atoms with Crippen LogP contribution in [0.4, 0.5) is 0 Å². The number of likely N-dealkylation sites (N-methyl/N-ethyl adjacent to an activating group) is 1. The van der Waals surface area contributed by atoms with Crippen molar-refractivity contribution < 1.29 is 17.9 Å². The summed E-state index contributed by atoms with van der Waals surface area (Å²) in [7, 11) is -2.22. The Labute approximate surface area is 113 Å². The van der Waals surface area contributed by atoms with Crippen molar-refractivity contribution in [2.75, 3.05) is 13.7 Å². The molecule has 0 saturated carbocycles. The third-order valence-electron chi connectivity index (χ3n) is 2.45.